The van der Waals surface area contributed by atoms with Gasteiger partial charge in [-0.25, -0.2) is 8.42 Å². The zero-order chi connectivity index (χ0) is 12.9. The van der Waals surface area contributed by atoms with Crippen molar-refractivity contribution in [3.63, 3.8) is 0 Å². The Morgan fingerprint density at radius 1 is 1.35 bits per heavy atom. The van der Waals surface area contributed by atoms with Crippen LogP contribution >= 0.6 is 0 Å². The Labute approximate surface area is 105 Å². The molecular formula is C12H25NO3S. The van der Waals surface area contributed by atoms with Crippen LogP contribution in [0.15, 0.2) is 0 Å². The van der Waals surface area contributed by atoms with Gasteiger partial charge in [0, 0.05) is 12.3 Å². The van der Waals surface area contributed by atoms with Crippen LogP contribution < -0.4 is 5.73 Å². The molecule has 0 bridgehead atoms. The summed E-state index contributed by atoms with van der Waals surface area (Å²) in [6, 6.07) is 0. The molecule has 102 valence electrons. The molecule has 0 aromatic heterocycles. The molecule has 0 amide bonds. The van der Waals surface area contributed by atoms with Crippen molar-refractivity contribution in [3.05, 3.63) is 0 Å². The fourth-order valence-electron chi connectivity index (χ4n) is 2.23. The third kappa shape index (κ3) is 4.56. The van der Waals surface area contributed by atoms with E-state index < -0.39 is 9.84 Å². The molecule has 0 atom stereocenters. The molecule has 0 radical (unpaired) electrons. The van der Waals surface area contributed by atoms with Crippen molar-refractivity contribution in [1.29, 1.82) is 0 Å². The van der Waals surface area contributed by atoms with Crippen molar-refractivity contribution >= 4 is 9.84 Å². The minimum Gasteiger partial charge on any atom is -0.373 e. The third-order valence-corrected chi connectivity index (χ3v) is 5.47. The highest BCUT2D eigenvalue weighted by Gasteiger charge is 2.33. The van der Waals surface area contributed by atoms with Crippen LogP contribution in [0.2, 0.25) is 0 Å². The first-order valence-electron chi connectivity index (χ1n) is 6.47. The summed E-state index contributed by atoms with van der Waals surface area (Å²) in [4.78, 5) is 0. The molecule has 1 aliphatic rings. The topological polar surface area (TPSA) is 69.4 Å². The molecule has 0 aromatic rings. The molecule has 0 heterocycles. The van der Waals surface area contributed by atoms with Crippen LogP contribution in [0.1, 0.15) is 39.5 Å². The Hall–Kier alpha value is -0.130. The first kappa shape index (κ1) is 14.9. The summed E-state index contributed by atoms with van der Waals surface area (Å²) in [5.74, 6) is 1.03. The lowest BCUT2D eigenvalue weighted by atomic mass is 9.79. The van der Waals surface area contributed by atoms with E-state index in [-0.39, 0.29) is 23.7 Å². The average Bonchev–Trinajstić information content (AvgIpc) is 2.32. The highest BCUT2D eigenvalue weighted by molar-refractivity contribution is 7.91. The van der Waals surface area contributed by atoms with Crippen molar-refractivity contribution in [2.45, 2.75) is 45.1 Å². The van der Waals surface area contributed by atoms with Crippen LogP contribution in [-0.2, 0) is 14.6 Å². The number of hydrogen-bond acceptors (Lipinski definition) is 4. The van der Waals surface area contributed by atoms with Gasteiger partial charge < -0.3 is 10.5 Å². The molecule has 1 fully saturated rings. The molecule has 0 saturated heterocycles. The monoisotopic (exact) mass is 263 g/mol. The van der Waals surface area contributed by atoms with Gasteiger partial charge in [0.2, 0.25) is 0 Å². The lowest BCUT2D eigenvalue weighted by Crippen LogP contribution is -2.44. The van der Waals surface area contributed by atoms with Crippen LogP contribution in [0.25, 0.3) is 0 Å². The summed E-state index contributed by atoms with van der Waals surface area (Å²) in [6.45, 7) is 4.67. The van der Waals surface area contributed by atoms with E-state index in [1.807, 2.05) is 0 Å². The summed E-state index contributed by atoms with van der Waals surface area (Å²) in [6.07, 6.45) is 4.16. The van der Waals surface area contributed by atoms with Crippen LogP contribution in [0.3, 0.4) is 0 Å². The van der Waals surface area contributed by atoms with Gasteiger partial charge in [0.1, 0.15) is 0 Å². The Morgan fingerprint density at radius 2 is 1.94 bits per heavy atom. The summed E-state index contributed by atoms with van der Waals surface area (Å²) in [7, 11) is -2.93. The van der Waals surface area contributed by atoms with Gasteiger partial charge in [-0.1, -0.05) is 13.8 Å². The predicted octanol–water partition coefficient (Wildman–Crippen LogP) is 1.35. The van der Waals surface area contributed by atoms with E-state index in [0.717, 1.165) is 31.6 Å². The quantitative estimate of drug-likeness (QED) is 0.785. The molecule has 0 aliphatic heterocycles. The first-order valence-corrected chi connectivity index (χ1v) is 8.29. The molecule has 17 heavy (non-hydrogen) atoms. The number of rotatable bonds is 6. The second-order valence-electron chi connectivity index (χ2n) is 5.15. The fraction of sp³-hybridized carbons (Fsp3) is 1.00. The van der Waals surface area contributed by atoms with E-state index in [4.69, 9.17) is 10.5 Å². The van der Waals surface area contributed by atoms with Crippen LogP contribution in [0.4, 0.5) is 0 Å². The highest BCUT2D eigenvalue weighted by atomic mass is 32.2. The van der Waals surface area contributed by atoms with Gasteiger partial charge in [-0.05, 0) is 31.6 Å². The normalized spacial score (nSPS) is 30.4. The van der Waals surface area contributed by atoms with Crippen LogP contribution in [-0.4, -0.2) is 38.7 Å². The smallest absolute Gasteiger partial charge is 0.152 e. The average molecular weight is 263 g/mol. The number of sulfone groups is 1. The van der Waals surface area contributed by atoms with E-state index in [0.29, 0.717) is 6.54 Å². The van der Waals surface area contributed by atoms with Crippen LogP contribution in [0.5, 0.6) is 0 Å². The van der Waals surface area contributed by atoms with E-state index >= 15 is 0 Å². The Bertz CT molecular complexity index is 319. The second-order valence-corrected chi connectivity index (χ2v) is 7.63. The maximum Gasteiger partial charge on any atom is 0.152 e. The van der Waals surface area contributed by atoms with Crippen molar-refractivity contribution in [2.75, 3.05) is 24.7 Å². The first-order chi connectivity index (χ1) is 7.93. The molecule has 2 N–H and O–H groups in total. The Kier molecular flexibility index (Phi) is 5.41. The number of hydrogen-bond donors (Lipinski definition) is 1. The van der Waals surface area contributed by atoms with Crippen molar-refractivity contribution in [3.8, 4) is 0 Å². The van der Waals surface area contributed by atoms with Crippen molar-refractivity contribution in [1.82, 2.24) is 0 Å². The summed E-state index contributed by atoms with van der Waals surface area (Å²) in [5.41, 5.74) is 5.52. The highest BCUT2D eigenvalue weighted by Crippen LogP contribution is 2.33. The fourth-order valence-corrected chi connectivity index (χ4v) is 2.85. The summed E-state index contributed by atoms with van der Waals surface area (Å²) >= 11 is 0. The molecule has 5 heteroatoms. The predicted molar refractivity (Wildman–Crippen MR) is 69.7 cm³/mol. The van der Waals surface area contributed by atoms with Gasteiger partial charge >= 0.3 is 0 Å². The Balaban J connectivity index is 2.42. The maximum absolute atomic E-state index is 11.4. The minimum atomic E-state index is -2.93. The van der Waals surface area contributed by atoms with Gasteiger partial charge in [0.15, 0.2) is 9.84 Å². The molecule has 1 rings (SSSR count). The third-order valence-electron chi connectivity index (χ3n) is 3.80. The lowest BCUT2D eigenvalue weighted by Gasteiger charge is -2.38. The SMILES string of the molecule is CCS(=O)(=O)CCOC1(CN)CCC(C)CC1. The molecule has 0 aromatic carbocycles. The molecule has 1 saturated carbocycles. The van der Waals surface area contributed by atoms with E-state index in [1.54, 1.807) is 6.92 Å². The van der Waals surface area contributed by atoms with E-state index in [1.165, 1.54) is 0 Å². The van der Waals surface area contributed by atoms with E-state index in [2.05, 4.69) is 6.92 Å². The van der Waals surface area contributed by atoms with Gasteiger partial charge in [0.05, 0.1) is 18.0 Å². The lowest BCUT2D eigenvalue weighted by molar-refractivity contribution is -0.0636. The molecule has 1 aliphatic carbocycles. The van der Waals surface area contributed by atoms with Crippen molar-refractivity contribution in [2.24, 2.45) is 11.7 Å². The summed E-state index contributed by atoms with van der Waals surface area (Å²) < 4.78 is 28.6. The number of ether oxygens (including phenoxy) is 1. The molecule has 0 unspecified atom stereocenters. The Morgan fingerprint density at radius 3 is 2.41 bits per heavy atom. The maximum atomic E-state index is 11.4. The summed E-state index contributed by atoms with van der Waals surface area (Å²) in [5, 5.41) is 0. The standard InChI is InChI=1S/C12H25NO3S/c1-3-17(14,15)9-8-16-12(10-13)6-4-11(2)5-7-12/h11H,3-10,13H2,1-2H3. The van der Waals surface area contributed by atoms with Crippen LogP contribution in [0, 0.1) is 5.92 Å². The largest absolute Gasteiger partial charge is 0.373 e. The van der Waals surface area contributed by atoms with Gasteiger partial charge in [-0.2, -0.15) is 0 Å². The van der Waals surface area contributed by atoms with E-state index in [9.17, 15) is 8.42 Å². The second kappa shape index (κ2) is 6.16. The van der Waals surface area contributed by atoms with Crippen molar-refractivity contribution < 1.29 is 13.2 Å². The minimum absolute atomic E-state index is 0.112. The molecular weight excluding hydrogens is 238 g/mol. The zero-order valence-electron chi connectivity index (χ0n) is 10.9. The van der Waals surface area contributed by atoms with Gasteiger partial charge in [-0.3, -0.25) is 0 Å². The molecule has 0 spiro atoms. The van der Waals surface area contributed by atoms with Gasteiger partial charge in [0.25, 0.3) is 0 Å². The number of nitrogens with two attached hydrogens (primary N) is 1. The zero-order valence-corrected chi connectivity index (χ0v) is 11.8. The molecule has 4 nitrogen and oxygen atoms in total. The van der Waals surface area contributed by atoms with Gasteiger partial charge in [-0.15, -0.1) is 0 Å².